The molecule has 0 radical (unpaired) electrons. The molecule has 0 saturated carbocycles. The van der Waals surface area contributed by atoms with Crippen molar-refractivity contribution >= 4 is 14.5 Å². The second kappa shape index (κ2) is 8.68. The molecule has 30 heavy (non-hydrogen) atoms. The molecule has 3 aromatic carbocycles. The summed E-state index contributed by atoms with van der Waals surface area (Å²) in [7, 11) is 1.77. The summed E-state index contributed by atoms with van der Waals surface area (Å²) in [5.74, 6) is -6.31. The highest BCUT2D eigenvalue weighted by Crippen LogP contribution is 2.37. The third kappa shape index (κ3) is 4.62. The van der Waals surface area contributed by atoms with Crippen LogP contribution in [0.3, 0.4) is 0 Å². The van der Waals surface area contributed by atoms with Crippen LogP contribution in [-0.2, 0) is 12.5 Å². The van der Waals surface area contributed by atoms with Gasteiger partial charge >= 0.3 is 6.11 Å². The minimum Gasteiger partial charge on any atom is -0.429 e. The van der Waals surface area contributed by atoms with Gasteiger partial charge in [-0.1, -0.05) is 46.8 Å². The summed E-state index contributed by atoms with van der Waals surface area (Å²) >= 11 is 0. The van der Waals surface area contributed by atoms with Crippen molar-refractivity contribution in [3.63, 3.8) is 0 Å². The second-order valence-corrected chi connectivity index (χ2v) is 7.26. The summed E-state index contributed by atoms with van der Waals surface area (Å²) in [6.45, 7) is 2.01. The highest BCUT2D eigenvalue weighted by molar-refractivity contribution is 7.27. The summed E-state index contributed by atoms with van der Waals surface area (Å²) in [5, 5.41) is -0.475. The van der Waals surface area contributed by atoms with Crippen molar-refractivity contribution in [2.75, 3.05) is 0 Å². The molecule has 1 nitrogen and oxygen atoms in total. The Balaban J connectivity index is 1.94. The molecule has 158 valence electrons. The molecule has 0 bridgehead atoms. The lowest BCUT2D eigenvalue weighted by atomic mass is 10.00. The lowest BCUT2D eigenvalue weighted by Gasteiger charge is -2.20. The number of aryl methyl sites for hydroxylation is 1. The number of hydrogen-bond donors (Lipinski definition) is 0. The minimum atomic E-state index is -4.50. The van der Waals surface area contributed by atoms with Gasteiger partial charge in [-0.05, 0) is 35.2 Å². The van der Waals surface area contributed by atoms with Crippen molar-refractivity contribution in [2.24, 2.45) is 0 Å². The van der Waals surface area contributed by atoms with Gasteiger partial charge in [-0.15, -0.1) is 0 Å². The van der Waals surface area contributed by atoms with E-state index in [2.05, 4.69) is 4.74 Å². The van der Waals surface area contributed by atoms with E-state index in [4.69, 9.17) is 0 Å². The molecule has 0 aliphatic rings. The van der Waals surface area contributed by atoms with E-state index in [0.717, 1.165) is 30.5 Å². The van der Waals surface area contributed by atoms with E-state index in [1.807, 2.05) is 6.92 Å². The maximum Gasteiger partial charge on any atom is 0.432 e. The maximum atomic E-state index is 14.5. The molecule has 0 aliphatic carbocycles. The zero-order valence-electron chi connectivity index (χ0n) is 15.8. The number of benzene rings is 3. The van der Waals surface area contributed by atoms with Crippen molar-refractivity contribution in [1.82, 2.24) is 0 Å². The Labute approximate surface area is 171 Å². The molecule has 3 rings (SSSR count). The van der Waals surface area contributed by atoms with Crippen LogP contribution in [0, 0.1) is 23.3 Å². The quantitative estimate of drug-likeness (QED) is 0.313. The smallest absolute Gasteiger partial charge is 0.429 e. The van der Waals surface area contributed by atoms with Crippen LogP contribution < -0.4 is 10.0 Å². The fourth-order valence-electron chi connectivity index (χ4n) is 2.99. The molecule has 3 aromatic rings. The second-order valence-electron chi connectivity index (χ2n) is 6.68. The van der Waals surface area contributed by atoms with Gasteiger partial charge in [0.1, 0.15) is 34.6 Å². The van der Waals surface area contributed by atoms with Gasteiger partial charge in [-0.3, -0.25) is 0 Å². The molecule has 0 aromatic heterocycles. The maximum absolute atomic E-state index is 14.5. The fraction of sp³-hybridized carbons (Fsp3) is 0.182. The topological polar surface area (TPSA) is 9.23 Å². The number of rotatable bonds is 6. The normalized spacial score (nSPS) is 11.6. The predicted molar refractivity (Wildman–Crippen MR) is 106 cm³/mol. The van der Waals surface area contributed by atoms with Crippen LogP contribution in [0.5, 0.6) is 5.75 Å². The monoisotopic (exact) mass is 442 g/mol. The molecule has 1 atom stereocenters. The van der Waals surface area contributed by atoms with Gasteiger partial charge in [0, 0.05) is 17.4 Å². The lowest BCUT2D eigenvalue weighted by molar-refractivity contribution is -0.189. The molecule has 0 amide bonds. The van der Waals surface area contributed by atoms with Crippen LogP contribution in [0.1, 0.15) is 24.5 Å². The van der Waals surface area contributed by atoms with Crippen molar-refractivity contribution in [1.29, 1.82) is 0 Å². The molecule has 0 spiro atoms. The van der Waals surface area contributed by atoms with Crippen LogP contribution in [-0.4, -0.2) is 0 Å². The van der Waals surface area contributed by atoms with E-state index < -0.39 is 46.0 Å². The van der Waals surface area contributed by atoms with Crippen molar-refractivity contribution < 1.29 is 31.1 Å². The van der Waals surface area contributed by atoms with Crippen molar-refractivity contribution in [3.05, 3.63) is 82.9 Å². The van der Waals surface area contributed by atoms with Gasteiger partial charge in [0.05, 0.1) is 0 Å². The van der Waals surface area contributed by atoms with E-state index in [0.29, 0.717) is 17.7 Å². The average molecular weight is 442 g/mol. The van der Waals surface area contributed by atoms with Crippen LogP contribution in [0.4, 0.5) is 26.3 Å². The third-order valence-electron chi connectivity index (χ3n) is 4.46. The molecular formula is C22H17F6OP. The summed E-state index contributed by atoms with van der Waals surface area (Å²) in [6.07, 6.45) is -2.73. The van der Waals surface area contributed by atoms with Gasteiger partial charge < -0.3 is 4.74 Å². The van der Waals surface area contributed by atoms with E-state index in [1.54, 1.807) is 33.5 Å². The molecule has 0 saturated heterocycles. The molecule has 8 heteroatoms. The molecule has 1 unspecified atom stereocenters. The Bertz CT molecular complexity index is 1020. The molecule has 0 heterocycles. The van der Waals surface area contributed by atoms with Gasteiger partial charge in [0.2, 0.25) is 0 Å². The minimum absolute atomic E-state index is 0.0667. The first-order valence-electron chi connectivity index (χ1n) is 9.02. The van der Waals surface area contributed by atoms with E-state index in [-0.39, 0.29) is 5.56 Å². The Hall–Kier alpha value is -2.53. The Morgan fingerprint density at radius 1 is 0.800 bits per heavy atom. The van der Waals surface area contributed by atoms with E-state index in [9.17, 15) is 26.3 Å². The lowest BCUT2D eigenvalue weighted by Crippen LogP contribution is -2.25. The highest BCUT2D eigenvalue weighted by Gasteiger charge is 2.41. The standard InChI is InChI=1S/C22H17F6OP/c1-2-3-12-4-6-13(7-5-12)14-8-16(23)20(17(24)9-14)22(27,28)29-15-10-18(25)21(30)19(26)11-15/h4-11H,2-3,30H2,1H3. The van der Waals surface area contributed by atoms with Crippen molar-refractivity contribution in [2.45, 2.75) is 25.9 Å². The Kier molecular flexibility index (Phi) is 6.41. The van der Waals surface area contributed by atoms with Crippen molar-refractivity contribution in [3.8, 4) is 16.9 Å². The summed E-state index contributed by atoms with van der Waals surface area (Å²) < 4.78 is 89.2. The summed E-state index contributed by atoms with van der Waals surface area (Å²) in [5.41, 5.74) is -0.0972. The van der Waals surface area contributed by atoms with Crippen LogP contribution in [0.2, 0.25) is 0 Å². The van der Waals surface area contributed by atoms with Gasteiger partial charge in [-0.2, -0.15) is 8.78 Å². The molecular weight excluding hydrogens is 425 g/mol. The zero-order valence-corrected chi connectivity index (χ0v) is 16.9. The number of halogens is 6. The number of alkyl halides is 2. The number of ether oxygens (including phenoxy) is 1. The molecule has 0 aliphatic heterocycles. The number of hydrogen-bond acceptors (Lipinski definition) is 1. The fourth-order valence-corrected chi connectivity index (χ4v) is 3.16. The Morgan fingerprint density at radius 3 is 1.83 bits per heavy atom. The molecule has 0 fully saturated rings. The van der Waals surface area contributed by atoms with Gasteiger partial charge in [0.25, 0.3) is 0 Å². The highest BCUT2D eigenvalue weighted by atomic mass is 31.0. The summed E-state index contributed by atoms with van der Waals surface area (Å²) in [6, 6.07) is 9.39. The summed E-state index contributed by atoms with van der Waals surface area (Å²) in [4.78, 5) is 0. The predicted octanol–water partition coefficient (Wildman–Crippen LogP) is 6.49. The van der Waals surface area contributed by atoms with Gasteiger partial charge in [0.15, 0.2) is 0 Å². The third-order valence-corrected chi connectivity index (χ3v) is 5.01. The first-order chi connectivity index (χ1) is 14.1. The van der Waals surface area contributed by atoms with E-state index >= 15 is 0 Å². The van der Waals surface area contributed by atoms with Gasteiger partial charge in [-0.25, -0.2) is 17.6 Å². The Morgan fingerprint density at radius 2 is 1.33 bits per heavy atom. The largest absolute Gasteiger partial charge is 0.432 e. The first-order valence-corrected chi connectivity index (χ1v) is 9.60. The first kappa shape index (κ1) is 22.2. The zero-order chi connectivity index (χ0) is 22.1. The average Bonchev–Trinajstić information content (AvgIpc) is 2.65. The van der Waals surface area contributed by atoms with Crippen LogP contribution >= 0.6 is 9.24 Å². The van der Waals surface area contributed by atoms with Crippen LogP contribution in [0.25, 0.3) is 11.1 Å². The van der Waals surface area contributed by atoms with Crippen LogP contribution in [0.15, 0.2) is 48.5 Å². The van der Waals surface area contributed by atoms with E-state index in [1.165, 1.54) is 0 Å². The SMILES string of the molecule is CCCc1ccc(-c2cc(F)c(C(F)(F)Oc3cc(F)c(P)c(F)c3)c(F)c2)cc1. The molecule has 0 N–H and O–H groups in total.